The van der Waals surface area contributed by atoms with Crippen LogP contribution in [0.5, 0.6) is 0 Å². The van der Waals surface area contributed by atoms with E-state index in [1.807, 2.05) is 6.92 Å². The summed E-state index contributed by atoms with van der Waals surface area (Å²) < 4.78 is 0. The van der Waals surface area contributed by atoms with Gasteiger partial charge >= 0.3 is 0 Å². The Labute approximate surface area is 105 Å². The first kappa shape index (κ1) is 13.3. The van der Waals surface area contributed by atoms with Crippen molar-refractivity contribution in [3.63, 3.8) is 0 Å². The lowest BCUT2D eigenvalue weighted by atomic mass is 10.2. The van der Waals surface area contributed by atoms with Crippen LogP contribution in [0.25, 0.3) is 0 Å². The minimum Gasteiger partial charge on any atom is -0.350 e. The lowest BCUT2D eigenvalue weighted by molar-refractivity contribution is 0.0938. The molecule has 1 aromatic rings. The minimum atomic E-state index is -0.213. The SMILES string of the molecule is CCCC(C)NC(=O)c1cc(Cl)ncc1Cl. The average Bonchev–Trinajstić information content (AvgIpc) is 2.21. The second kappa shape index (κ2) is 6.06. The number of nitrogens with one attached hydrogen (secondary N) is 1. The van der Waals surface area contributed by atoms with Crippen LogP contribution < -0.4 is 5.32 Å². The van der Waals surface area contributed by atoms with E-state index >= 15 is 0 Å². The molecule has 88 valence electrons. The van der Waals surface area contributed by atoms with Crippen LogP contribution in [0.15, 0.2) is 12.3 Å². The van der Waals surface area contributed by atoms with E-state index in [4.69, 9.17) is 23.2 Å². The Bertz CT molecular complexity index is 382. The Hall–Kier alpha value is -0.800. The van der Waals surface area contributed by atoms with Crippen molar-refractivity contribution in [3.8, 4) is 0 Å². The van der Waals surface area contributed by atoms with Crippen LogP contribution in [0.1, 0.15) is 37.0 Å². The second-order valence-corrected chi connectivity index (χ2v) is 4.44. The monoisotopic (exact) mass is 260 g/mol. The Morgan fingerprint density at radius 2 is 2.25 bits per heavy atom. The van der Waals surface area contributed by atoms with E-state index in [-0.39, 0.29) is 17.1 Å². The summed E-state index contributed by atoms with van der Waals surface area (Å²) >= 11 is 11.6. The number of pyridine rings is 1. The van der Waals surface area contributed by atoms with E-state index < -0.39 is 0 Å². The third-order valence-electron chi connectivity index (χ3n) is 2.17. The lowest BCUT2D eigenvalue weighted by Gasteiger charge is -2.13. The fourth-order valence-electron chi connectivity index (χ4n) is 1.39. The van der Waals surface area contributed by atoms with Gasteiger partial charge in [0.05, 0.1) is 10.6 Å². The van der Waals surface area contributed by atoms with Gasteiger partial charge in [0, 0.05) is 12.2 Å². The fraction of sp³-hybridized carbons (Fsp3) is 0.455. The Balaban J connectivity index is 2.76. The highest BCUT2D eigenvalue weighted by molar-refractivity contribution is 6.35. The fourth-order valence-corrected chi connectivity index (χ4v) is 1.74. The minimum absolute atomic E-state index is 0.125. The van der Waals surface area contributed by atoms with Gasteiger partial charge in [0.15, 0.2) is 0 Å². The van der Waals surface area contributed by atoms with Gasteiger partial charge in [-0.2, -0.15) is 0 Å². The summed E-state index contributed by atoms with van der Waals surface area (Å²) in [5.74, 6) is -0.213. The number of aromatic nitrogens is 1. The molecule has 5 heteroatoms. The molecule has 0 aromatic carbocycles. The number of rotatable bonds is 4. The molecule has 0 aliphatic rings. The largest absolute Gasteiger partial charge is 0.350 e. The van der Waals surface area contributed by atoms with Gasteiger partial charge in [0.25, 0.3) is 5.91 Å². The molecule has 1 aromatic heterocycles. The Morgan fingerprint density at radius 1 is 1.56 bits per heavy atom. The summed E-state index contributed by atoms with van der Waals surface area (Å²) in [5, 5.41) is 3.43. The van der Waals surface area contributed by atoms with Crippen LogP contribution in [0.3, 0.4) is 0 Å². The van der Waals surface area contributed by atoms with Crippen LogP contribution in [-0.4, -0.2) is 16.9 Å². The molecule has 1 amide bonds. The molecule has 0 aliphatic carbocycles. The van der Waals surface area contributed by atoms with Gasteiger partial charge < -0.3 is 5.32 Å². The summed E-state index contributed by atoms with van der Waals surface area (Å²) in [4.78, 5) is 15.6. The van der Waals surface area contributed by atoms with Gasteiger partial charge in [-0.25, -0.2) is 4.98 Å². The molecule has 0 aliphatic heterocycles. The zero-order valence-corrected chi connectivity index (χ0v) is 10.8. The number of nitrogens with zero attached hydrogens (tertiary/aromatic N) is 1. The zero-order chi connectivity index (χ0) is 12.1. The van der Waals surface area contributed by atoms with E-state index in [9.17, 15) is 4.79 Å². The summed E-state index contributed by atoms with van der Waals surface area (Å²) in [6.07, 6.45) is 3.33. The van der Waals surface area contributed by atoms with E-state index in [0.29, 0.717) is 10.6 Å². The highest BCUT2D eigenvalue weighted by Crippen LogP contribution is 2.18. The Morgan fingerprint density at radius 3 is 2.88 bits per heavy atom. The molecule has 0 bridgehead atoms. The van der Waals surface area contributed by atoms with E-state index in [0.717, 1.165) is 12.8 Å². The first-order chi connectivity index (χ1) is 7.54. The molecule has 1 heterocycles. The van der Waals surface area contributed by atoms with Crippen LogP contribution in [0.4, 0.5) is 0 Å². The first-order valence-electron chi connectivity index (χ1n) is 5.16. The quantitative estimate of drug-likeness (QED) is 0.845. The number of hydrogen-bond acceptors (Lipinski definition) is 2. The topological polar surface area (TPSA) is 42.0 Å². The van der Waals surface area contributed by atoms with Gasteiger partial charge in [-0.15, -0.1) is 0 Å². The summed E-state index contributed by atoms with van der Waals surface area (Å²) in [7, 11) is 0. The van der Waals surface area contributed by atoms with Crippen molar-refractivity contribution < 1.29 is 4.79 Å². The lowest BCUT2D eigenvalue weighted by Crippen LogP contribution is -2.32. The van der Waals surface area contributed by atoms with Gasteiger partial charge in [-0.3, -0.25) is 4.79 Å². The van der Waals surface area contributed by atoms with Crippen molar-refractivity contribution in [2.75, 3.05) is 0 Å². The molecule has 3 nitrogen and oxygen atoms in total. The van der Waals surface area contributed by atoms with E-state index in [2.05, 4.69) is 17.2 Å². The number of carbonyl (C=O) groups is 1. The van der Waals surface area contributed by atoms with Crippen LogP contribution in [0.2, 0.25) is 10.2 Å². The predicted octanol–water partition coefficient (Wildman–Crippen LogP) is 3.31. The number of amides is 1. The molecule has 1 atom stereocenters. The molecule has 1 rings (SSSR count). The smallest absolute Gasteiger partial charge is 0.253 e. The van der Waals surface area contributed by atoms with Crippen molar-refractivity contribution in [1.82, 2.24) is 10.3 Å². The van der Waals surface area contributed by atoms with Crippen LogP contribution in [-0.2, 0) is 0 Å². The maximum atomic E-state index is 11.8. The molecule has 16 heavy (non-hydrogen) atoms. The third-order valence-corrected chi connectivity index (χ3v) is 2.67. The van der Waals surface area contributed by atoms with E-state index in [1.165, 1.54) is 12.3 Å². The number of halogens is 2. The third kappa shape index (κ3) is 3.65. The van der Waals surface area contributed by atoms with Gasteiger partial charge in [0.2, 0.25) is 0 Å². The predicted molar refractivity (Wildman–Crippen MR) is 66.1 cm³/mol. The van der Waals surface area contributed by atoms with Gasteiger partial charge in [0.1, 0.15) is 5.15 Å². The highest BCUT2D eigenvalue weighted by atomic mass is 35.5. The van der Waals surface area contributed by atoms with Crippen molar-refractivity contribution in [2.45, 2.75) is 32.7 Å². The first-order valence-corrected chi connectivity index (χ1v) is 5.92. The van der Waals surface area contributed by atoms with E-state index in [1.54, 1.807) is 0 Å². The zero-order valence-electron chi connectivity index (χ0n) is 9.26. The summed E-state index contributed by atoms with van der Waals surface area (Å²) in [6, 6.07) is 1.60. The maximum absolute atomic E-state index is 11.8. The molecular weight excluding hydrogens is 247 g/mol. The number of hydrogen-bond donors (Lipinski definition) is 1. The van der Waals surface area contributed by atoms with Crippen LogP contribution in [0, 0.1) is 0 Å². The molecule has 0 fully saturated rings. The van der Waals surface area contributed by atoms with Crippen molar-refractivity contribution in [2.24, 2.45) is 0 Å². The molecule has 0 radical (unpaired) electrons. The number of carbonyl (C=O) groups excluding carboxylic acids is 1. The maximum Gasteiger partial charge on any atom is 0.253 e. The molecule has 1 N–H and O–H groups in total. The average molecular weight is 261 g/mol. The van der Waals surface area contributed by atoms with Crippen LogP contribution >= 0.6 is 23.2 Å². The van der Waals surface area contributed by atoms with Crippen molar-refractivity contribution in [3.05, 3.63) is 28.0 Å². The molecule has 1 unspecified atom stereocenters. The van der Waals surface area contributed by atoms with Gasteiger partial charge in [-0.1, -0.05) is 36.5 Å². The standard InChI is InChI=1S/C11H14Cl2N2O/c1-3-4-7(2)15-11(16)8-5-10(13)14-6-9(8)12/h5-7H,3-4H2,1-2H3,(H,15,16). The molecular formula is C11H14Cl2N2O. The summed E-state index contributed by atoms with van der Waals surface area (Å²) in [6.45, 7) is 4.02. The molecule has 0 saturated heterocycles. The van der Waals surface area contributed by atoms with Crippen molar-refractivity contribution >= 4 is 29.1 Å². The second-order valence-electron chi connectivity index (χ2n) is 3.65. The normalized spacial score (nSPS) is 12.2. The highest BCUT2D eigenvalue weighted by Gasteiger charge is 2.13. The van der Waals surface area contributed by atoms with Gasteiger partial charge in [-0.05, 0) is 19.4 Å². The molecule has 0 saturated carbocycles. The Kier molecular flexibility index (Phi) is 5.03. The molecule has 0 spiro atoms. The summed E-state index contributed by atoms with van der Waals surface area (Å²) in [5.41, 5.74) is 0.365. The van der Waals surface area contributed by atoms with Crippen molar-refractivity contribution in [1.29, 1.82) is 0 Å².